The van der Waals surface area contributed by atoms with Gasteiger partial charge >= 0.3 is 0 Å². The summed E-state index contributed by atoms with van der Waals surface area (Å²) in [6, 6.07) is 8.14. The highest BCUT2D eigenvalue weighted by Gasteiger charge is 2.22. The molecule has 0 aliphatic carbocycles. The second-order valence-electron chi connectivity index (χ2n) is 7.40. The van der Waals surface area contributed by atoms with Crippen LogP contribution in [0.1, 0.15) is 36.6 Å². The molecule has 0 N–H and O–H groups in total. The van der Waals surface area contributed by atoms with Crippen LogP contribution in [0, 0.1) is 5.92 Å². The Kier molecular flexibility index (Phi) is 4.91. The molecule has 0 bridgehead atoms. The lowest BCUT2D eigenvalue weighted by Gasteiger charge is -2.32. The van der Waals surface area contributed by atoms with E-state index in [0.29, 0.717) is 0 Å². The molecule has 4 nitrogen and oxygen atoms in total. The number of benzene rings is 1. The van der Waals surface area contributed by atoms with Crippen LogP contribution in [0.2, 0.25) is 5.02 Å². The number of aromatic nitrogens is 2. The summed E-state index contributed by atoms with van der Waals surface area (Å²) in [5.74, 6) is 1.76. The second-order valence-corrected chi connectivity index (χ2v) is 7.84. The van der Waals surface area contributed by atoms with E-state index in [9.17, 15) is 0 Å². The first kappa shape index (κ1) is 16.8. The van der Waals surface area contributed by atoms with Crippen LogP contribution in [0.15, 0.2) is 30.5 Å². The van der Waals surface area contributed by atoms with Gasteiger partial charge in [0.2, 0.25) is 5.95 Å². The fourth-order valence-corrected chi connectivity index (χ4v) is 3.83. The lowest BCUT2D eigenvalue weighted by atomic mass is 9.99. The van der Waals surface area contributed by atoms with Crippen LogP contribution >= 0.6 is 11.6 Å². The van der Waals surface area contributed by atoms with Crippen molar-refractivity contribution in [2.24, 2.45) is 5.92 Å². The van der Waals surface area contributed by atoms with E-state index in [1.165, 1.54) is 29.7 Å². The molecule has 5 heteroatoms. The predicted molar refractivity (Wildman–Crippen MR) is 102 cm³/mol. The van der Waals surface area contributed by atoms with Crippen molar-refractivity contribution < 1.29 is 0 Å². The van der Waals surface area contributed by atoms with Crippen LogP contribution in [-0.4, -0.2) is 34.5 Å². The van der Waals surface area contributed by atoms with Crippen LogP contribution in [-0.2, 0) is 19.5 Å². The molecule has 132 valence electrons. The van der Waals surface area contributed by atoms with E-state index in [1.807, 2.05) is 18.3 Å². The third kappa shape index (κ3) is 3.96. The third-order valence-electron chi connectivity index (χ3n) is 5.39. The Morgan fingerprint density at radius 3 is 2.64 bits per heavy atom. The molecule has 0 amide bonds. The van der Waals surface area contributed by atoms with E-state index in [4.69, 9.17) is 16.6 Å². The summed E-state index contributed by atoms with van der Waals surface area (Å²) in [5, 5.41) is 0.792. The molecule has 25 heavy (non-hydrogen) atoms. The topological polar surface area (TPSA) is 32.3 Å². The van der Waals surface area contributed by atoms with Gasteiger partial charge in [0, 0.05) is 55.9 Å². The molecule has 4 rings (SSSR count). The molecule has 3 heterocycles. The lowest BCUT2D eigenvalue weighted by Crippen LogP contribution is -2.35. The van der Waals surface area contributed by atoms with Crippen LogP contribution in [0.4, 0.5) is 5.95 Å². The molecule has 1 aromatic carbocycles. The SMILES string of the molecule is CC1CCN(c2ncc3c(n2)CCN(Cc2ccc(Cl)cc2)C3)CC1. The van der Waals surface area contributed by atoms with Crippen molar-refractivity contribution in [2.75, 3.05) is 24.5 Å². The summed E-state index contributed by atoms with van der Waals surface area (Å²) in [5.41, 5.74) is 3.80. The Labute approximate surface area is 154 Å². The molecule has 0 spiro atoms. The number of fused-ring (bicyclic) bond motifs is 1. The summed E-state index contributed by atoms with van der Waals surface area (Å²) < 4.78 is 0. The van der Waals surface area contributed by atoms with Gasteiger partial charge in [0.15, 0.2) is 0 Å². The molecule has 1 aromatic heterocycles. The number of halogens is 1. The fraction of sp³-hybridized carbons (Fsp3) is 0.500. The highest BCUT2D eigenvalue weighted by atomic mass is 35.5. The second kappa shape index (κ2) is 7.30. The van der Waals surface area contributed by atoms with E-state index in [2.05, 4.69) is 33.8 Å². The van der Waals surface area contributed by atoms with Gasteiger partial charge in [-0.05, 0) is 36.5 Å². The Hall–Kier alpha value is -1.65. The Morgan fingerprint density at radius 1 is 1.12 bits per heavy atom. The maximum atomic E-state index is 5.97. The smallest absolute Gasteiger partial charge is 0.225 e. The number of hydrogen-bond acceptors (Lipinski definition) is 4. The minimum absolute atomic E-state index is 0.792. The Bertz CT molecular complexity index is 723. The Balaban J connectivity index is 1.42. The van der Waals surface area contributed by atoms with E-state index < -0.39 is 0 Å². The molecule has 2 aromatic rings. The van der Waals surface area contributed by atoms with Crippen molar-refractivity contribution in [2.45, 2.75) is 39.3 Å². The zero-order valence-corrected chi connectivity index (χ0v) is 15.5. The quantitative estimate of drug-likeness (QED) is 0.834. The van der Waals surface area contributed by atoms with Crippen LogP contribution in [0.5, 0.6) is 0 Å². The van der Waals surface area contributed by atoms with Crippen molar-refractivity contribution in [3.05, 3.63) is 52.3 Å². The van der Waals surface area contributed by atoms with Gasteiger partial charge in [-0.2, -0.15) is 0 Å². The van der Waals surface area contributed by atoms with E-state index in [1.54, 1.807) is 0 Å². The minimum Gasteiger partial charge on any atom is -0.341 e. The molecular formula is C20H25ClN4. The maximum absolute atomic E-state index is 5.97. The van der Waals surface area contributed by atoms with E-state index in [0.717, 1.165) is 56.0 Å². The van der Waals surface area contributed by atoms with Crippen LogP contribution in [0.25, 0.3) is 0 Å². The lowest BCUT2D eigenvalue weighted by molar-refractivity contribution is 0.243. The first-order valence-corrected chi connectivity index (χ1v) is 9.62. The Morgan fingerprint density at radius 2 is 1.88 bits per heavy atom. The first-order chi connectivity index (χ1) is 12.2. The molecule has 0 radical (unpaired) electrons. The van der Waals surface area contributed by atoms with Gasteiger partial charge in [0.05, 0.1) is 5.69 Å². The predicted octanol–water partition coefficient (Wildman–Crippen LogP) is 3.92. The number of anilines is 1. The minimum atomic E-state index is 0.792. The van der Waals surface area contributed by atoms with Gasteiger partial charge in [0.25, 0.3) is 0 Å². The summed E-state index contributed by atoms with van der Waals surface area (Å²) in [6.07, 6.45) is 5.54. The maximum Gasteiger partial charge on any atom is 0.225 e. The number of rotatable bonds is 3. The average molecular weight is 357 g/mol. The normalized spacial score (nSPS) is 19.0. The molecule has 0 atom stereocenters. The van der Waals surface area contributed by atoms with Crippen molar-refractivity contribution in [1.29, 1.82) is 0 Å². The number of nitrogens with zero attached hydrogens (tertiary/aromatic N) is 4. The van der Waals surface area contributed by atoms with Gasteiger partial charge in [-0.15, -0.1) is 0 Å². The highest BCUT2D eigenvalue weighted by molar-refractivity contribution is 6.30. The van der Waals surface area contributed by atoms with Gasteiger partial charge in [0.1, 0.15) is 0 Å². The summed E-state index contributed by atoms with van der Waals surface area (Å²) >= 11 is 5.97. The van der Waals surface area contributed by atoms with Gasteiger partial charge in [-0.3, -0.25) is 4.90 Å². The van der Waals surface area contributed by atoms with Crippen LogP contribution in [0.3, 0.4) is 0 Å². The van der Waals surface area contributed by atoms with Crippen molar-refractivity contribution in [3.8, 4) is 0 Å². The zero-order valence-electron chi connectivity index (χ0n) is 14.8. The van der Waals surface area contributed by atoms with E-state index in [-0.39, 0.29) is 0 Å². The molecule has 2 aliphatic heterocycles. The van der Waals surface area contributed by atoms with Crippen molar-refractivity contribution in [3.63, 3.8) is 0 Å². The molecule has 1 fully saturated rings. The molecule has 0 saturated carbocycles. The van der Waals surface area contributed by atoms with Gasteiger partial charge in [-0.25, -0.2) is 9.97 Å². The molecular weight excluding hydrogens is 332 g/mol. The summed E-state index contributed by atoms with van der Waals surface area (Å²) in [6.45, 7) is 7.42. The molecule has 2 aliphatic rings. The molecule has 1 saturated heterocycles. The van der Waals surface area contributed by atoms with E-state index >= 15 is 0 Å². The average Bonchev–Trinajstić information content (AvgIpc) is 2.64. The summed E-state index contributed by atoms with van der Waals surface area (Å²) in [4.78, 5) is 14.4. The van der Waals surface area contributed by atoms with Crippen LogP contribution < -0.4 is 4.90 Å². The largest absolute Gasteiger partial charge is 0.341 e. The number of piperidine rings is 1. The zero-order chi connectivity index (χ0) is 17.2. The summed E-state index contributed by atoms with van der Waals surface area (Å²) in [7, 11) is 0. The monoisotopic (exact) mass is 356 g/mol. The highest BCUT2D eigenvalue weighted by Crippen LogP contribution is 2.24. The van der Waals surface area contributed by atoms with Crippen molar-refractivity contribution >= 4 is 17.5 Å². The first-order valence-electron chi connectivity index (χ1n) is 9.24. The third-order valence-corrected chi connectivity index (χ3v) is 5.64. The van der Waals surface area contributed by atoms with Gasteiger partial charge in [-0.1, -0.05) is 30.7 Å². The fourth-order valence-electron chi connectivity index (χ4n) is 3.71. The molecule has 0 unspecified atom stereocenters. The standard InChI is InChI=1S/C20H25ClN4/c1-15-6-10-25(11-7-15)20-22-12-17-14-24(9-8-19(17)23-20)13-16-2-4-18(21)5-3-16/h2-5,12,15H,6-11,13-14H2,1H3. The number of hydrogen-bond donors (Lipinski definition) is 0. The van der Waals surface area contributed by atoms with Gasteiger partial charge < -0.3 is 4.90 Å². The van der Waals surface area contributed by atoms with Crippen molar-refractivity contribution in [1.82, 2.24) is 14.9 Å².